The number of nitrogens with zero attached hydrogens (tertiary/aromatic N) is 2. The fourth-order valence-electron chi connectivity index (χ4n) is 1.44. The second-order valence-electron chi connectivity index (χ2n) is 3.92. The molecule has 0 aliphatic carbocycles. The number of rotatable bonds is 7. The predicted octanol–water partition coefficient (Wildman–Crippen LogP) is 2.34. The highest BCUT2D eigenvalue weighted by Crippen LogP contribution is 2.22. The van der Waals surface area contributed by atoms with Crippen molar-refractivity contribution in [2.75, 3.05) is 25.6 Å². The Balaban J connectivity index is 1.90. The molecule has 0 amide bonds. The third-order valence-corrected chi connectivity index (χ3v) is 2.69. The Morgan fingerprint density at radius 1 is 1.40 bits per heavy atom. The summed E-state index contributed by atoms with van der Waals surface area (Å²) < 4.78 is 23.3. The quantitative estimate of drug-likeness (QED) is 0.765. The normalized spacial score (nSPS) is 10.8. The zero-order chi connectivity index (χ0) is 14.4. The summed E-state index contributed by atoms with van der Waals surface area (Å²) in [6.45, 7) is 1.74. The van der Waals surface area contributed by atoms with Crippen molar-refractivity contribution in [3.63, 3.8) is 0 Å². The standard InChI is InChI=1S/C12H14ClFN4O2/c1-19-5-4-15-7-11-17-18-12(20-11)16-8-2-3-10(14)9(13)6-8/h2-3,6,15H,4-5,7H2,1H3,(H,16,18). The van der Waals surface area contributed by atoms with Gasteiger partial charge in [-0.25, -0.2) is 4.39 Å². The Morgan fingerprint density at radius 2 is 2.25 bits per heavy atom. The number of anilines is 2. The molecule has 1 heterocycles. The van der Waals surface area contributed by atoms with Crippen molar-refractivity contribution < 1.29 is 13.5 Å². The third-order valence-electron chi connectivity index (χ3n) is 2.40. The highest BCUT2D eigenvalue weighted by Gasteiger charge is 2.07. The molecule has 0 saturated carbocycles. The molecule has 1 aromatic carbocycles. The fourth-order valence-corrected chi connectivity index (χ4v) is 1.62. The van der Waals surface area contributed by atoms with E-state index in [0.717, 1.165) is 0 Å². The fraction of sp³-hybridized carbons (Fsp3) is 0.333. The van der Waals surface area contributed by atoms with Crippen LogP contribution in [0.15, 0.2) is 22.6 Å². The summed E-state index contributed by atoms with van der Waals surface area (Å²) in [6.07, 6.45) is 0. The molecule has 0 atom stereocenters. The summed E-state index contributed by atoms with van der Waals surface area (Å²) in [6, 6.07) is 4.45. The van der Waals surface area contributed by atoms with E-state index in [1.807, 2.05) is 0 Å². The molecule has 0 saturated heterocycles. The largest absolute Gasteiger partial charge is 0.406 e. The van der Waals surface area contributed by atoms with Crippen LogP contribution < -0.4 is 10.6 Å². The van der Waals surface area contributed by atoms with Crippen LogP contribution in [0.5, 0.6) is 0 Å². The van der Waals surface area contributed by atoms with Crippen molar-refractivity contribution in [3.05, 3.63) is 34.9 Å². The van der Waals surface area contributed by atoms with Gasteiger partial charge in [-0.1, -0.05) is 16.7 Å². The summed E-state index contributed by atoms with van der Waals surface area (Å²) in [5.74, 6) is -0.0393. The molecular formula is C12H14ClFN4O2. The maximum Gasteiger partial charge on any atom is 0.320 e. The van der Waals surface area contributed by atoms with Crippen LogP contribution in [0.2, 0.25) is 5.02 Å². The number of halogens is 2. The van der Waals surface area contributed by atoms with Gasteiger partial charge in [0.15, 0.2) is 0 Å². The van der Waals surface area contributed by atoms with Gasteiger partial charge < -0.3 is 19.8 Å². The van der Waals surface area contributed by atoms with Gasteiger partial charge in [-0.05, 0) is 18.2 Å². The lowest BCUT2D eigenvalue weighted by Gasteiger charge is -2.02. The van der Waals surface area contributed by atoms with E-state index in [1.54, 1.807) is 7.11 Å². The van der Waals surface area contributed by atoms with Crippen LogP contribution in [0.3, 0.4) is 0 Å². The number of aromatic nitrogens is 2. The molecule has 0 bridgehead atoms. The first kappa shape index (κ1) is 14.7. The van der Waals surface area contributed by atoms with Crippen molar-refractivity contribution in [3.8, 4) is 0 Å². The lowest BCUT2D eigenvalue weighted by molar-refractivity contribution is 0.198. The van der Waals surface area contributed by atoms with Gasteiger partial charge in [0.25, 0.3) is 0 Å². The maximum atomic E-state index is 13.0. The Bertz CT molecular complexity index is 564. The second kappa shape index (κ2) is 7.18. The first-order valence-corrected chi connectivity index (χ1v) is 6.31. The topological polar surface area (TPSA) is 72.2 Å². The van der Waals surface area contributed by atoms with Gasteiger partial charge in [-0.3, -0.25) is 0 Å². The number of hydrogen-bond donors (Lipinski definition) is 2. The van der Waals surface area contributed by atoms with Gasteiger partial charge >= 0.3 is 6.01 Å². The Morgan fingerprint density at radius 3 is 3.00 bits per heavy atom. The molecule has 8 heteroatoms. The first-order valence-electron chi connectivity index (χ1n) is 5.93. The lowest BCUT2D eigenvalue weighted by atomic mass is 10.3. The van der Waals surface area contributed by atoms with Gasteiger partial charge in [-0.2, -0.15) is 0 Å². The van der Waals surface area contributed by atoms with Crippen LogP contribution in [-0.2, 0) is 11.3 Å². The lowest BCUT2D eigenvalue weighted by Crippen LogP contribution is -2.18. The van der Waals surface area contributed by atoms with Crippen molar-refractivity contribution in [2.45, 2.75) is 6.54 Å². The number of nitrogens with one attached hydrogen (secondary N) is 2. The van der Waals surface area contributed by atoms with Crippen molar-refractivity contribution in [2.24, 2.45) is 0 Å². The third kappa shape index (κ3) is 4.16. The van der Waals surface area contributed by atoms with Crippen molar-refractivity contribution in [1.29, 1.82) is 0 Å². The molecule has 0 aliphatic heterocycles. The van der Waals surface area contributed by atoms with Gasteiger partial charge in [-0.15, -0.1) is 5.10 Å². The number of benzene rings is 1. The van der Waals surface area contributed by atoms with Gasteiger partial charge in [0.1, 0.15) is 5.82 Å². The molecule has 0 fully saturated rings. The zero-order valence-corrected chi connectivity index (χ0v) is 11.6. The minimum atomic E-state index is -0.481. The predicted molar refractivity (Wildman–Crippen MR) is 72.6 cm³/mol. The minimum Gasteiger partial charge on any atom is -0.406 e. The summed E-state index contributed by atoms with van der Waals surface area (Å²) in [4.78, 5) is 0. The maximum absolute atomic E-state index is 13.0. The van der Waals surface area contributed by atoms with Crippen LogP contribution in [-0.4, -0.2) is 30.5 Å². The smallest absolute Gasteiger partial charge is 0.320 e. The van der Waals surface area contributed by atoms with E-state index in [4.69, 9.17) is 20.8 Å². The van der Waals surface area contributed by atoms with Crippen LogP contribution in [0, 0.1) is 5.82 Å². The Labute approximate surface area is 120 Å². The molecule has 0 radical (unpaired) electrons. The van der Waals surface area contributed by atoms with E-state index < -0.39 is 5.82 Å². The molecule has 0 aliphatic rings. The minimum absolute atomic E-state index is 0.0240. The molecular weight excluding hydrogens is 287 g/mol. The zero-order valence-electron chi connectivity index (χ0n) is 10.8. The summed E-state index contributed by atoms with van der Waals surface area (Å²) in [7, 11) is 1.63. The summed E-state index contributed by atoms with van der Waals surface area (Å²) in [5, 5.41) is 13.6. The van der Waals surface area contributed by atoms with Crippen LogP contribution in [0.25, 0.3) is 0 Å². The van der Waals surface area contributed by atoms with Gasteiger partial charge in [0.2, 0.25) is 5.89 Å². The van der Waals surface area contributed by atoms with Crippen molar-refractivity contribution >= 4 is 23.3 Å². The number of ether oxygens (including phenoxy) is 1. The molecule has 6 nitrogen and oxygen atoms in total. The summed E-state index contributed by atoms with van der Waals surface area (Å²) >= 11 is 5.68. The van der Waals surface area contributed by atoms with Gasteiger partial charge in [0.05, 0.1) is 18.2 Å². The molecule has 0 unspecified atom stereocenters. The number of hydrogen-bond acceptors (Lipinski definition) is 6. The van der Waals surface area contributed by atoms with Crippen LogP contribution in [0.1, 0.15) is 5.89 Å². The monoisotopic (exact) mass is 300 g/mol. The SMILES string of the molecule is COCCNCc1nnc(Nc2ccc(F)c(Cl)c2)o1. The van der Waals surface area contributed by atoms with Gasteiger partial charge in [0, 0.05) is 19.3 Å². The molecule has 2 rings (SSSR count). The van der Waals surface area contributed by atoms with E-state index in [9.17, 15) is 4.39 Å². The highest BCUT2D eigenvalue weighted by molar-refractivity contribution is 6.31. The molecule has 2 aromatic rings. The van der Waals surface area contributed by atoms with E-state index >= 15 is 0 Å². The molecule has 108 valence electrons. The van der Waals surface area contributed by atoms with Crippen molar-refractivity contribution in [1.82, 2.24) is 15.5 Å². The first-order chi connectivity index (χ1) is 9.69. The molecule has 1 aromatic heterocycles. The second-order valence-corrected chi connectivity index (χ2v) is 4.33. The molecule has 0 spiro atoms. The summed E-state index contributed by atoms with van der Waals surface area (Å²) in [5.41, 5.74) is 0.568. The van der Waals surface area contributed by atoms with Crippen LogP contribution >= 0.6 is 11.6 Å². The average molecular weight is 301 g/mol. The van der Waals surface area contributed by atoms with E-state index in [-0.39, 0.29) is 11.0 Å². The Hall–Kier alpha value is -1.70. The van der Waals surface area contributed by atoms with Crippen LogP contribution in [0.4, 0.5) is 16.1 Å². The highest BCUT2D eigenvalue weighted by atomic mass is 35.5. The molecule has 20 heavy (non-hydrogen) atoms. The molecule has 2 N–H and O–H groups in total. The van der Waals surface area contributed by atoms with E-state index in [0.29, 0.717) is 31.3 Å². The van der Waals surface area contributed by atoms with E-state index in [2.05, 4.69) is 20.8 Å². The number of methoxy groups -OCH3 is 1. The Kier molecular flexibility index (Phi) is 5.28. The average Bonchev–Trinajstić information content (AvgIpc) is 2.87. The van der Waals surface area contributed by atoms with E-state index in [1.165, 1.54) is 18.2 Å².